The highest BCUT2D eigenvalue weighted by Crippen LogP contribution is 2.20. The third kappa shape index (κ3) is 4.80. The molecule has 3 aliphatic rings. The lowest BCUT2D eigenvalue weighted by Gasteiger charge is -2.11. The van der Waals surface area contributed by atoms with Gasteiger partial charge in [0.05, 0.1) is 6.04 Å². The van der Waals surface area contributed by atoms with E-state index in [1.165, 1.54) is 16.9 Å². The summed E-state index contributed by atoms with van der Waals surface area (Å²) in [4.78, 5) is 9.05. The van der Waals surface area contributed by atoms with Crippen molar-refractivity contribution in [2.24, 2.45) is 15.9 Å². The fourth-order valence-corrected chi connectivity index (χ4v) is 2.67. The summed E-state index contributed by atoms with van der Waals surface area (Å²) in [7, 11) is 0. The van der Waals surface area contributed by atoms with Crippen molar-refractivity contribution in [3.63, 3.8) is 0 Å². The topological polar surface area (TPSA) is 24.7 Å². The van der Waals surface area contributed by atoms with Crippen LogP contribution in [0.25, 0.3) is 0 Å². The molecule has 0 saturated heterocycles. The lowest BCUT2D eigenvalue weighted by molar-refractivity contribution is 0.691. The van der Waals surface area contributed by atoms with E-state index in [0.717, 1.165) is 19.4 Å². The fourth-order valence-electron chi connectivity index (χ4n) is 2.67. The minimum Gasteiger partial charge on any atom is -0.293 e. The van der Waals surface area contributed by atoms with Gasteiger partial charge in [-0.2, -0.15) is 0 Å². The van der Waals surface area contributed by atoms with Crippen molar-refractivity contribution in [2.45, 2.75) is 39.7 Å². The van der Waals surface area contributed by atoms with Gasteiger partial charge in [-0.05, 0) is 37.5 Å². The van der Waals surface area contributed by atoms with Crippen LogP contribution >= 0.6 is 0 Å². The van der Waals surface area contributed by atoms with Crippen LogP contribution in [0.5, 0.6) is 0 Å². The summed E-state index contributed by atoms with van der Waals surface area (Å²) in [5.74, 6) is 0.510. The molecule has 2 heteroatoms. The average Bonchev–Trinajstić information content (AvgIpc) is 3.17. The van der Waals surface area contributed by atoms with Gasteiger partial charge in [0, 0.05) is 24.4 Å². The number of allylic oxidation sites excluding steroid dienone is 7. The molecule has 2 heterocycles. The van der Waals surface area contributed by atoms with E-state index >= 15 is 0 Å². The molecule has 0 spiro atoms. The molecular formula is C20H26N2. The van der Waals surface area contributed by atoms with E-state index < -0.39 is 0 Å². The van der Waals surface area contributed by atoms with Crippen LogP contribution in [0.3, 0.4) is 0 Å². The van der Waals surface area contributed by atoms with Gasteiger partial charge in [0.15, 0.2) is 0 Å². The van der Waals surface area contributed by atoms with Crippen molar-refractivity contribution in [1.82, 2.24) is 0 Å². The number of hydrogen-bond donors (Lipinski definition) is 0. The second-order valence-electron chi connectivity index (χ2n) is 5.62. The number of dihydropyridines is 1. The molecule has 116 valence electrons. The largest absolute Gasteiger partial charge is 0.293 e. The Kier molecular flexibility index (Phi) is 6.32. The number of hydrogen-bond acceptors (Lipinski definition) is 2. The zero-order valence-corrected chi connectivity index (χ0v) is 13.9. The smallest absolute Gasteiger partial charge is 0.0871 e. The lowest BCUT2D eigenvalue weighted by Crippen LogP contribution is -2.09. The average molecular weight is 294 g/mol. The summed E-state index contributed by atoms with van der Waals surface area (Å²) in [5, 5.41) is 0. The van der Waals surface area contributed by atoms with Crippen molar-refractivity contribution in [3.8, 4) is 0 Å². The molecule has 0 amide bonds. The molecule has 2 atom stereocenters. The Morgan fingerprint density at radius 3 is 2.77 bits per heavy atom. The predicted molar refractivity (Wildman–Crippen MR) is 97.9 cm³/mol. The summed E-state index contributed by atoms with van der Waals surface area (Å²) < 4.78 is 0. The molecule has 0 fully saturated rings. The van der Waals surface area contributed by atoms with Crippen LogP contribution in [-0.4, -0.2) is 24.5 Å². The summed E-state index contributed by atoms with van der Waals surface area (Å²) >= 11 is 0. The molecule has 0 aromatic heterocycles. The van der Waals surface area contributed by atoms with Crippen LogP contribution in [0.15, 0.2) is 69.7 Å². The van der Waals surface area contributed by atoms with Gasteiger partial charge in [-0.25, -0.2) is 0 Å². The Bertz CT molecular complexity index is 583. The maximum atomic E-state index is 4.75. The van der Waals surface area contributed by atoms with E-state index in [9.17, 15) is 0 Å². The molecule has 1 aliphatic carbocycles. The van der Waals surface area contributed by atoms with E-state index in [1.54, 1.807) is 0 Å². The SMILES string of the molecule is CC.CC1=CC=C(/C=C/C2C=CC(CC3C=CC=NC3)=N2)C1. The minimum atomic E-state index is 0.211. The highest BCUT2D eigenvalue weighted by molar-refractivity contribution is 5.97. The van der Waals surface area contributed by atoms with Crippen LogP contribution < -0.4 is 0 Å². The van der Waals surface area contributed by atoms with Crippen LogP contribution in [0, 0.1) is 5.92 Å². The van der Waals surface area contributed by atoms with E-state index in [-0.39, 0.29) is 6.04 Å². The van der Waals surface area contributed by atoms with Crippen molar-refractivity contribution in [2.75, 3.05) is 6.54 Å². The predicted octanol–water partition coefficient (Wildman–Crippen LogP) is 4.87. The highest BCUT2D eigenvalue weighted by atomic mass is 14.8. The molecule has 0 saturated carbocycles. The summed E-state index contributed by atoms with van der Waals surface area (Å²) in [6.45, 7) is 7.06. The number of aliphatic imine (C=N–C) groups is 2. The molecule has 2 nitrogen and oxygen atoms in total. The molecule has 2 unspecified atom stereocenters. The third-order valence-electron chi connectivity index (χ3n) is 3.76. The molecule has 0 aromatic rings. The first kappa shape index (κ1) is 16.4. The van der Waals surface area contributed by atoms with E-state index in [1.807, 2.05) is 26.1 Å². The van der Waals surface area contributed by atoms with Crippen LogP contribution in [0.4, 0.5) is 0 Å². The summed E-state index contributed by atoms with van der Waals surface area (Å²) in [6, 6.07) is 0.211. The standard InChI is InChI=1S/C18H20N2.C2H6/c1-14-4-5-15(11-14)6-7-17-8-9-18(20-17)12-16-3-2-10-19-13-16;1-2/h2-10,16-17H,11-13H2,1H3;1-2H3/b7-6+;. The van der Waals surface area contributed by atoms with Crippen molar-refractivity contribution >= 4 is 11.9 Å². The van der Waals surface area contributed by atoms with Crippen LogP contribution in [0.2, 0.25) is 0 Å². The van der Waals surface area contributed by atoms with E-state index in [4.69, 9.17) is 4.99 Å². The van der Waals surface area contributed by atoms with Gasteiger partial charge < -0.3 is 0 Å². The quantitative estimate of drug-likeness (QED) is 0.706. The van der Waals surface area contributed by atoms with Gasteiger partial charge in [0.25, 0.3) is 0 Å². The first-order valence-electron chi connectivity index (χ1n) is 8.25. The highest BCUT2D eigenvalue weighted by Gasteiger charge is 2.13. The lowest BCUT2D eigenvalue weighted by atomic mass is 10.0. The minimum absolute atomic E-state index is 0.211. The molecule has 3 rings (SSSR count). The van der Waals surface area contributed by atoms with Crippen molar-refractivity contribution in [1.29, 1.82) is 0 Å². The third-order valence-corrected chi connectivity index (χ3v) is 3.76. The maximum absolute atomic E-state index is 4.75. The molecule has 0 bridgehead atoms. The second-order valence-corrected chi connectivity index (χ2v) is 5.62. The monoisotopic (exact) mass is 294 g/mol. The Hall–Kier alpha value is -1.96. The Morgan fingerprint density at radius 2 is 2.09 bits per heavy atom. The Morgan fingerprint density at radius 1 is 1.23 bits per heavy atom. The van der Waals surface area contributed by atoms with Crippen molar-refractivity contribution in [3.05, 3.63) is 59.8 Å². The Balaban J connectivity index is 0.000000847. The fraction of sp³-hybridized carbons (Fsp3) is 0.400. The van der Waals surface area contributed by atoms with Gasteiger partial charge in [-0.3, -0.25) is 9.98 Å². The molecule has 22 heavy (non-hydrogen) atoms. The van der Waals surface area contributed by atoms with Gasteiger partial charge >= 0.3 is 0 Å². The first-order chi connectivity index (χ1) is 10.8. The summed E-state index contributed by atoms with van der Waals surface area (Å²) in [5.41, 5.74) is 4.01. The van der Waals surface area contributed by atoms with Gasteiger partial charge in [0.1, 0.15) is 0 Å². The first-order valence-corrected chi connectivity index (χ1v) is 8.25. The second kappa shape index (κ2) is 8.47. The van der Waals surface area contributed by atoms with E-state index in [0.29, 0.717) is 5.92 Å². The van der Waals surface area contributed by atoms with E-state index in [2.05, 4.69) is 54.4 Å². The van der Waals surface area contributed by atoms with Gasteiger partial charge in [0.2, 0.25) is 0 Å². The summed E-state index contributed by atoms with van der Waals surface area (Å²) in [6.07, 6.45) is 21.3. The molecule has 2 aliphatic heterocycles. The molecular weight excluding hydrogens is 268 g/mol. The molecule has 0 aromatic carbocycles. The molecule has 0 N–H and O–H groups in total. The zero-order chi connectivity index (χ0) is 15.8. The van der Waals surface area contributed by atoms with Gasteiger partial charge in [-0.1, -0.05) is 55.9 Å². The molecule has 0 radical (unpaired) electrons. The number of nitrogens with zero attached hydrogens (tertiary/aromatic N) is 2. The Labute approximate surface area is 134 Å². The van der Waals surface area contributed by atoms with Crippen LogP contribution in [-0.2, 0) is 0 Å². The maximum Gasteiger partial charge on any atom is 0.0871 e. The normalized spacial score (nSPS) is 25.9. The van der Waals surface area contributed by atoms with Gasteiger partial charge in [-0.15, -0.1) is 0 Å². The zero-order valence-electron chi connectivity index (χ0n) is 13.9. The van der Waals surface area contributed by atoms with Crippen LogP contribution in [0.1, 0.15) is 33.6 Å². The van der Waals surface area contributed by atoms with Crippen molar-refractivity contribution < 1.29 is 0 Å². The number of rotatable bonds is 4.